The van der Waals surface area contributed by atoms with Crippen molar-refractivity contribution in [2.75, 3.05) is 14.2 Å². The Balaban J connectivity index is 0.00000261. The van der Waals surface area contributed by atoms with E-state index in [1.807, 2.05) is 65.2 Å². The van der Waals surface area contributed by atoms with Crippen LogP contribution in [0.2, 0.25) is 0 Å². The second kappa shape index (κ2) is 8.81. The Bertz CT molecular complexity index is 967. The van der Waals surface area contributed by atoms with E-state index in [4.69, 9.17) is 9.47 Å². The van der Waals surface area contributed by atoms with Crippen molar-refractivity contribution in [1.29, 1.82) is 0 Å². The van der Waals surface area contributed by atoms with Crippen molar-refractivity contribution in [2.24, 2.45) is 7.05 Å². The number of aryl methyl sites for hydroxylation is 1. The van der Waals surface area contributed by atoms with Crippen molar-refractivity contribution in [2.45, 2.75) is 0 Å². The van der Waals surface area contributed by atoms with Crippen molar-refractivity contribution in [3.8, 4) is 16.8 Å². The molecule has 0 aliphatic heterocycles. The second-order valence-corrected chi connectivity index (χ2v) is 5.68. The molecule has 0 aliphatic rings. The first-order valence-corrected chi connectivity index (χ1v) is 8.00. The third-order valence-electron chi connectivity index (χ3n) is 4.12. The van der Waals surface area contributed by atoms with Crippen molar-refractivity contribution in [3.63, 3.8) is 0 Å². The topological polar surface area (TPSA) is 61.4 Å². The zero-order valence-corrected chi connectivity index (χ0v) is 17.3. The Morgan fingerprint density at radius 3 is 2.19 bits per heavy atom. The molecule has 7 heteroatoms. The summed E-state index contributed by atoms with van der Waals surface area (Å²) in [6, 6.07) is 14.6. The molecule has 0 N–H and O–H groups in total. The van der Waals surface area contributed by atoms with Crippen molar-refractivity contribution < 1.29 is 47.7 Å². The summed E-state index contributed by atoms with van der Waals surface area (Å²) in [6.45, 7) is 0. The average molecular weight is 478 g/mol. The molecule has 0 amide bonds. The fourth-order valence-corrected chi connectivity index (χ4v) is 2.89. The molecular formula is C20H19IN2O4. The minimum absolute atomic E-state index is 0. The number of rotatable bonds is 4. The van der Waals surface area contributed by atoms with Crippen LogP contribution in [-0.2, 0) is 16.5 Å². The van der Waals surface area contributed by atoms with Gasteiger partial charge in [-0.15, -0.1) is 9.36 Å². The number of ether oxygens (including phenoxy) is 2. The van der Waals surface area contributed by atoms with Gasteiger partial charge in [0, 0.05) is 11.6 Å². The van der Waals surface area contributed by atoms with E-state index >= 15 is 0 Å². The number of methoxy groups -OCH3 is 2. The number of esters is 2. The molecule has 0 aliphatic carbocycles. The fourth-order valence-electron chi connectivity index (χ4n) is 2.89. The van der Waals surface area contributed by atoms with Crippen molar-refractivity contribution >= 4 is 11.9 Å². The van der Waals surface area contributed by atoms with Gasteiger partial charge in [-0.3, -0.25) is 0 Å². The highest BCUT2D eigenvalue weighted by molar-refractivity contribution is 6.03. The van der Waals surface area contributed by atoms with E-state index < -0.39 is 11.9 Å². The van der Waals surface area contributed by atoms with Gasteiger partial charge in [0.1, 0.15) is 5.69 Å². The maximum atomic E-state index is 12.5. The van der Waals surface area contributed by atoms with E-state index in [9.17, 15) is 9.59 Å². The molecule has 2 aromatic carbocycles. The molecule has 0 fully saturated rings. The van der Waals surface area contributed by atoms with Crippen LogP contribution in [0, 0.1) is 0 Å². The van der Waals surface area contributed by atoms with Gasteiger partial charge in [-0.05, 0) is 17.7 Å². The van der Waals surface area contributed by atoms with Crippen LogP contribution in [0.3, 0.4) is 0 Å². The van der Waals surface area contributed by atoms with Gasteiger partial charge < -0.3 is 33.5 Å². The molecule has 6 nitrogen and oxygen atoms in total. The highest BCUT2D eigenvalue weighted by Gasteiger charge is 2.24. The molecular weight excluding hydrogens is 459 g/mol. The molecule has 140 valence electrons. The van der Waals surface area contributed by atoms with Gasteiger partial charge in [-0.25, -0.2) is 9.59 Å². The maximum absolute atomic E-state index is 12.5. The molecule has 0 saturated carbocycles. The van der Waals surface area contributed by atoms with Crippen LogP contribution >= 0.6 is 0 Å². The summed E-state index contributed by atoms with van der Waals surface area (Å²) in [4.78, 5) is 24.6. The first-order chi connectivity index (χ1) is 12.6. The highest BCUT2D eigenvalue weighted by Crippen LogP contribution is 2.32. The summed E-state index contributed by atoms with van der Waals surface area (Å²) in [6.07, 6.45) is 3.72. The van der Waals surface area contributed by atoms with E-state index in [1.54, 1.807) is 6.07 Å². The third kappa shape index (κ3) is 4.02. The SMILES string of the molecule is COC(=O)c1cc(C(=O)OC)c(-c2ccccc2)c(-n2ccc[n+]2C)c1.[I-]. The van der Waals surface area contributed by atoms with Gasteiger partial charge in [0.2, 0.25) is 0 Å². The summed E-state index contributed by atoms with van der Waals surface area (Å²) in [7, 11) is 4.50. The number of benzene rings is 2. The zero-order chi connectivity index (χ0) is 18.7. The fraction of sp³-hybridized carbons (Fsp3) is 0.150. The number of aromatic nitrogens is 2. The van der Waals surface area contributed by atoms with Crippen molar-refractivity contribution in [1.82, 2.24) is 4.68 Å². The molecule has 3 aromatic rings. The minimum Gasteiger partial charge on any atom is -1.00 e. The molecule has 0 saturated heterocycles. The first-order valence-electron chi connectivity index (χ1n) is 8.00. The predicted octanol–water partition coefficient (Wildman–Crippen LogP) is -0.454. The van der Waals surface area contributed by atoms with Crippen LogP contribution in [-0.4, -0.2) is 30.8 Å². The number of carbonyl (C=O) groups is 2. The molecule has 0 radical (unpaired) electrons. The second-order valence-electron chi connectivity index (χ2n) is 5.68. The van der Waals surface area contributed by atoms with Gasteiger partial charge in [0.25, 0.3) is 0 Å². The van der Waals surface area contributed by atoms with Crippen LogP contribution in [0.4, 0.5) is 0 Å². The molecule has 0 atom stereocenters. The number of halogens is 1. The van der Waals surface area contributed by atoms with E-state index in [0.717, 1.165) is 5.56 Å². The predicted molar refractivity (Wildman–Crippen MR) is 95.1 cm³/mol. The monoisotopic (exact) mass is 478 g/mol. The zero-order valence-electron chi connectivity index (χ0n) is 15.2. The number of nitrogens with zero attached hydrogens (tertiary/aromatic N) is 2. The van der Waals surface area contributed by atoms with Crippen molar-refractivity contribution in [3.05, 3.63) is 72.1 Å². The van der Waals surface area contributed by atoms with E-state index in [1.165, 1.54) is 20.3 Å². The molecule has 1 aromatic heterocycles. The van der Waals surface area contributed by atoms with Gasteiger partial charge in [0.15, 0.2) is 13.2 Å². The summed E-state index contributed by atoms with van der Waals surface area (Å²) in [5, 5.41) is 0. The van der Waals surface area contributed by atoms with Gasteiger partial charge in [-0.1, -0.05) is 30.3 Å². The Kier molecular flexibility index (Phi) is 6.73. The summed E-state index contributed by atoms with van der Waals surface area (Å²) < 4.78 is 13.5. The lowest BCUT2D eigenvalue weighted by molar-refractivity contribution is -0.744. The Hall–Kier alpha value is -2.68. The lowest BCUT2D eigenvalue weighted by Crippen LogP contribution is -3.00. The Morgan fingerprint density at radius 1 is 0.963 bits per heavy atom. The molecule has 0 spiro atoms. The van der Waals surface area contributed by atoms with Crippen LogP contribution in [0.5, 0.6) is 0 Å². The largest absolute Gasteiger partial charge is 1.00 e. The smallest absolute Gasteiger partial charge is 0.338 e. The van der Waals surface area contributed by atoms with E-state index in [-0.39, 0.29) is 29.5 Å². The standard InChI is InChI=1S/C20H19N2O4.HI/c1-21-10-7-11-22(21)17-13-15(19(23)25-2)12-16(20(24)26-3)18(17)14-8-5-4-6-9-14;/h4-13H,1-3H3;1H/q+1;/p-1. The molecule has 0 bridgehead atoms. The maximum Gasteiger partial charge on any atom is 0.338 e. The number of carbonyl (C=O) groups excluding carboxylic acids is 2. The lowest BCUT2D eigenvalue weighted by atomic mass is 9.95. The summed E-state index contributed by atoms with van der Waals surface area (Å²) >= 11 is 0. The number of hydrogen-bond donors (Lipinski definition) is 0. The van der Waals surface area contributed by atoms with Crippen LogP contribution in [0.25, 0.3) is 16.8 Å². The van der Waals surface area contributed by atoms with Crippen LogP contribution in [0.15, 0.2) is 60.9 Å². The number of hydrogen-bond acceptors (Lipinski definition) is 4. The van der Waals surface area contributed by atoms with Gasteiger partial charge in [0.05, 0.1) is 31.5 Å². The van der Waals surface area contributed by atoms with Crippen LogP contribution < -0.4 is 28.7 Å². The van der Waals surface area contributed by atoms with Crippen LogP contribution in [0.1, 0.15) is 20.7 Å². The van der Waals surface area contributed by atoms with E-state index in [0.29, 0.717) is 16.8 Å². The van der Waals surface area contributed by atoms with Gasteiger partial charge >= 0.3 is 11.9 Å². The quantitative estimate of drug-likeness (QED) is 0.290. The Labute approximate surface area is 174 Å². The van der Waals surface area contributed by atoms with Gasteiger partial charge in [-0.2, -0.15) is 0 Å². The lowest BCUT2D eigenvalue weighted by Gasteiger charge is -2.15. The normalized spacial score (nSPS) is 10.0. The molecule has 27 heavy (non-hydrogen) atoms. The Morgan fingerprint density at radius 2 is 1.63 bits per heavy atom. The summed E-state index contributed by atoms with van der Waals surface area (Å²) in [5.41, 5.74) is 2.76. The van der Waals surface area contributed by atoms with E-state index in [2.05, 4.69) is 0 Å². The minimum atomic E-state index is -0.523. The first kappa shape index (κ1) is 20.6. The average Bonchev–Trinajstić information content (AvgIpc) is 3.12. The molecule has 1 heterocycles. The third-order valence-corrected chi connectivity index (χ3v) is 4.12. The summed E-state index contributed by atoms with van der Waals surface area (Å²) in [5.74, 6) is -1.04. The molecule has 0 unspecified atom stereocenters. The molecule has 3 rings (SSSR count). The highest BCUT2D eigenvalue weighted by atomic mass is 127.